The van der Waals surface area contributed by atoms with Gasteiger partial charge in [-0.05, 0) is 18.2 Å². The highest BCUT2D eigenvalue weighted by Crippen LogP contribution is 2.27. The average Bonchev–Trinajstić information content (AvgIpc) is 3.22. The zero-order chi connectivity index (χ0) is 22.3. The molecule has 0 bridgehead atoms. The van der Waals surface area contributed by atoms with Gasteiger partial charge in [-0.15, -0.1) is 0 Å². The van der Waals surface area contributed by atoms with E-state index in [-0.39, 0.29) is 18.0 Å². The van der Waals surface area contributed by atoms with Crippen LogP contribution in [0.25, 0.3) is 0 Å². The second kappa shape index (κ2) is 9.96. The van der Waals surface area contributed by atoms with Crippen molar-refractivity contribution in [3.63, 3.8) is 0 Å². The summed E-state index contributed by atoms with van der Waals surface area (Å²) in [7, 11) is -3.88. The van der Waals surface area contributed by atoms with Crippen LogP contribution in [-0.2, 0) is 26.2 Å². The number of carboxylic acids is 2. The van der Waals surface area contributed by atoms with E-state index in [2.05, 4.69) is 4.90 Å². The van der Waals surface area contributed by atoms with E-state index >= 15 is 0 Å². The average molecular weight is 441 g/mol. The van der Waals surface area contributed by atoms with Crippen molar-refractivity contribution in [2.24, 2.45) is 0 Å². The van der Waals surface area contributed by atoms with Gasteiger partial charge < -0.3 is 14.6 Å². The number of furan rings is 1. The third-order valence-corrected chi connectivity index (χ3v) is 6.10. The lowest BCUT2D eigenvalue weighted by molar-refractivity contribution is -0.387. The molecular weight excluding hydrogens is 422 g/mol. The first-order valence-electron chi connectivity index (χ1n) is 8.57. The number of hydrogen-bond donors (Lipinski definition) is 2. The normalized spacial score (nSPS) is 15.1. The van der Waals surface area contributed by atoms with Crippen LogP contribution >= 0.6 is 0 Å². The molecule has 0 unspecified atom stereocenters. The third-order valence-electron chi connectivity index (χ3n) is 4.15. The summed E-state index contributed by atoms with van der Waals surface area (Å²) >= 11 is 0. The van der Waals surface area contributed by atoms with Crippen molar-refractivity contribution in [1.82, 2.24) is 9.21 Å². The summed E-state index contributed by atoms with van der Waals surface area (Å²) in [6.45, 7) is 2.28. The number of hydrogen-bond acceptors (Lipinski definition) is 8. The monoisotopic (exact) mass is 441 g/mol. The van der Waals surface area contributed by atoms with Crippen molar-refractivity contribution in [2.45, 2.75) is 11.4 Å². The number of sulfonamides is 1. The molecule has 30 heavy (non-hydrogen) atoms. The molecule has 2 aromatic rings. The molecule has 12 nitrogen and oxygen atoms in total. The number of para-hydroxylation sites is 1. The first kappa shape index (κ1) is 23.0. The molecule has 3 rings (SSSR count). The van der Waals surface area contributed by atoms with Crippen LogP contribution in [0.2, 0.25) is 0 Å². The number of piperazine rings is 1. The lowest BCUT2D eigenvalue weighted by Crippen LogP contribution is -2.48. The Bertz CT molecular complexity index is 985. The Balaban J connectivity index is 0.000000469. The molecule has 2 heterocycles. The molecule has 2 N–H and O–H groups in total. The number of carboxylic acid groups (broad SMARTS) is 2. The number of carbonyl (C=O) groups is 2. The summed E-state index contributed by atoms with van der Waals surface area (Å²) < 4.78 is 32.0. The second-order valence-electron chi connectivity index (χ2n) is 6.09. The third kappa shape index (κ3) is 5.85. The minimum atomic E-state index is -3.88. The lowest BCUT2D eigenvalue weighted by Gasteiger charge is -2.33. The smallest absolute Gasteiger partial charge is 0.414 e. The Kier molecular flexibility index (Phi) is 7.63. The van der Waals surface area contributed by atoms with Crippen molar-refractivity contribution >= 4 is 27.6 Å². The Hall–Kier alpha value is -3.29. The molecule has 1 saturated heterocycles. The zero-order valence-corrected chi connectivity index (χ0v) is 16.4. The van der Waals surface area contributed by atoms with Crippen LogP contribution in [0.15, 0.2) is 52.0 Å². The fraction of sp³-hybridized carbons (Fsp3) is 0.294. The van der Waals surface area contributed by atoms with E-state index in [1.54, 1.807) is 6.26 Å². The fourth-order valence-electron chi connectivity index (χ4n) is 2.72. The molecule has 0 atom stereocenters. The van der Waals surface area contributed by atoms with Gasteiger partial charge >= 0.3 is 11.9 Å². The second-order valence-corrected chi connectivity index (χ2v) is 8.00. The van der Waals surface area contributed by atoms with Crippen LogP contribution in [0.3, 0.4) is 0 Å². The van der Waals surface area contributed by atoms with Crippen molar-refractivity contribution in [3.8, 4) is 0 Å². The topological polar surface area (TPSA) is 172 Å². The molecule has 1 aromatic heterocycles. The van der Waals surface area contributed by atoms with Crippen molar-refractivity contribution < 1.29 is 37.6 Å². The Morgan fingerprint density at radius 2 is 1.63 bits per heavy atom. The highest BCUT2D eigenvalue weighted by atomic mass is 32.2. The van der Waals surface area contributed by atoms with E-state index < -0.39 is 32.6 Å². The maximum Gasteiger partial charge on any atom is 0.414 e. The molecular formula is C17H19N3O9S. The molecule has 0 spiro atoms. The number of nitro groups is 1. The maximum absolute atomic E-state index is 12.7. The molecule has 0 aliphatic carbocycles. The van der Waals surface area contributed by atoms with E-state index in [9.17, 15) is 18.5 Å². The Morgan fingerprint density at radius 1 is 1.03 bits per heavy atom. The van der Waals surface area contributed by atoms with E-state index in [0.717, 1.165) is 5.76 Å². The number of benzene rings is 1. The highest BCUT2D eigenvalue weighted by Gasteiger charge is 2.33. The number of rotatable bonds is 5. The van der Waals surface area contributed by atoms with Gasteiger partial charge in [-0.1, -0.05) is 12.1 Å². The molecule has 1 fully saturated rings. The van der Waals surface area contributed by atoms with Crippen LogP contribution < -0.4 is 0 Å². The summed E-state index contributed by atoms with van der Waals surface area (Å²) in [6, 6.07) is 9.12. The van der Waals surface area contributed by atoms with E-state index in [1.807, 2.05) is 12.1 Å². The van der Waals surface area contributed by atoms with Gasteiger partial charge in [0.05, 0.1) is 17.7 Å². The summed E-state index contributed by atoms with van der Waals surface area (Å²) in [4.78, 5) is 30.4. The Labute approximate surface area is 171 Å². The molecule has 13 heteroatoms. The molecule has 0 amide bonds. The van der Waals surface area contributed by atoms with Crippen LogP contribution in [0.5, 0.6) is 0 Å². The molecule has 0 radical (unpaired) electrons. The Morgan fingerprint density at radius 3 is 2.13 bits per heavy atom. The van der Waals surface area contributed by atoms with Crippen LogP contribution in [0, 0.1) is 10.1 Å². The van der Waals surface area contributed by atoms with Crippen molar-refractivity contribution in [3.05, 3.63) is 58.5 Å². The minimum Gasteiger partial charge on any atom is -0.473 e. The number of aliphatic carboxylic acids is 2. The van der Waals surface area contributed by atoms with Crippen LogP contribution in [-0.4, -0.2) is 70.9 Å². The summed E-state index contributed by atoms with van der Waals surface area (Å²) in [5.41, 5.74) is -0.393. The molecule has 1 aliphatic heterocycles. The lowest BCUT2D eigenvalue weighted by atomic mass is 10.3. The quantitative estimate of drug-likeness (QED) is 0.385. The van der Waals surface area contributed by atoms with E-state index in [1.165, 1.54) is 28.6 Å². The molecule has 1 aliphatic rings. The summed E-state index contributed by atoms with van der Waals surface area (Å²) in [5.74, 6) is -2.82. The maximum atomic E-state index is 12.7. The van der Waals surface area contributed by atoms with Gasteiger partial charge in [-0.2, -0.15) is 4.31 Å². The summed E-state index contributed by atoms with van der Waals surface area (Å²) in [6.07, 6.45) is 1.60. The predicted octanol–water partition coefficient (Wildman–Crippen LogP) is 0.850. The van der Waals surface area contributed by atoms with Gasteiger partial charge in [0.25, 0.3) is 5.69 Å². The number of nitro benzene ring substituents is 1. The largest absolute Gasteiger partial charge is 0.473 e. The molecule has 162 valence electrons. The summed E-state index contributed by atoms with van der Waals surface area (Å²) in [5, 5.41) is 25.9. The van der Waals surface area contributed by atoms with Gasteiger partial charge in [0.15, 0.2) is 4.90 Å². The fourth-order valence-corrected chi connectivity index (χ4v) is 4.30. The van der Waals surface area contributed by atoms with Crippen LogP contribution in [0.1, 0.15) is 5.76 Å². The van der Waals surface area contributed by atoms with E-state index in [0.29, 0.717) is 19.6 Å². The highest BCUT2D eigenvalue weighted by molar-refractivity contribution is 7.89. The zero-order valence-electron chi connectivity index (χ0n) is 15.6. The molecule has 1 aromatic carbocycles. The van der Waals surface area contributed by atoms with Gasteiger partial charge in [-0.3, -0.25) is 15.0 Å². The van der Waals surface area contributed by atoms with Crippen LogP contribution in [0.4, 0.5) is 5.69 Å². The number of nitrogens with zero attached hydrogens (tertiary/aromatic N) is 3. The van der Waals surface area contributed by atoms with Crippen molar-refractivity contribution in [2.75, 3.05) is 26.2 Å². The first-order chi connectivity index (χ1) is 14.1. The standard InChI is InChI=1S/C15H17N3O5S.C2H2O4/c19-18(20)14-5-1-2-6-15(14)24(21,22)17-9-7-16(8-10-17)12-13-4-3-11-23-13;3-1(4)2(5)6/h1-6,11H,7-10,12H2;(H,3,4)(H,5,6). The first-order valence-corrected chi connectivity index (χ1v) is 10.0. The SMILES string of the molecule is O=C(O)C(=O)O.O=[N+]([O-])c1ccccc1S(=O)(=O)N1CCN(Cc2ccco2)CC1. The predicted molar refractivity (Wildman–Crippen MR) is 101 cm³/mol. The molecule has 0 saturated carbocycles. The van der Waals surface area contributed by atoms with E-state index in [4.69, 9.17) is 24.2 Å². The van der Waals surface area contributed by atoms with Gasteiger partial charge in [0.1, 0.15) is 5.76 Å². The van der Waals surface area contributed by atoms with Gasteiger partial charge in [-0.25, -0.2) is 18.0 Å². The minimum absolute atomic E-state index is 0.255. The van der Waals surface area contributed by atoms with Gasteiger partial charge in [0.2, 0.25) is 10.0 Å². The van der Waals surface area contributed by atoms with Crippen molar-refractivity contribution in [1.29, 1.82) is 0 Å². The van der Waals surface area contributed by atoms with Gasteiger partial charge in [0, 0.05) is 32.2 Å².